The minimum atomic E-state index is -0.734. The fourth-order valence-electron chi connectivity index (χ4n) is 4.62. The normalized spacial score (nSPS) is 21.4. The van der Waals surface area contributed by atoms with Crippen LogP contribution in [0.25, 0.3) is 10.9 Å². The van der Waals surface area contributed by atoms with Crippen molar-refractivity contribution in [2.24, 2.45) is 0 Å². The van der Waals surface area contributed by atoms with Gasteiger partial charge in [0.25, 0.3) is 0 Å². The summed E-state index contributed by atoms with van der Waals surface area (Å²) >= 11 is 1.49. The van der Waals surface area contributed by atoms with Crippen LogP contribution in [0.3, 0.4) is 0 Å². The Kier molecular flexibility index (Phi) is 7.17. The summed E-state index contributed by atoms with van der Waals surface area (Å²) in [6, 6.07) is 13.3. The van der Waals surface area contributed by atoms with Gasteiger partial charge in [-0.05, 0) is 31.2 Å². The Bertz CT molecular complexity index is 1230. The van der Waals surface area contributed by atoms with Crippen molar-refractivity contribution in [3.8, 4) is 5.88 Å². The van der Waals surface area contributed by atoms with E-state index in [4.69, 9.17) is 4.74 Å². The second-order valence-electron chi connectivity index (χ2n) is 8.88. The van der Waals surface area contributed by atoms with E-state index in [9.17, 15) is 15.0 Å². The van der Waals surface area contributed by atoms with Crippen molar-refractivity contribution in [1.82, 2.24) is 20.2 Å². The van der Waals surface area contributed by atoms with Gasteiger partial charge in [-0.1, -0.05) is 18.2 Å². The highest BCUT2D eigenvalue weighted by atomic mass is 32.2. The number of hydrogen-bond acceptors (Lipinski definition) is 9. The number of fused-ring (bicyclic) bond motifs is 2. The number of methoxy groups -OCH3 is 1. The molecule has 4 heterocycles. The van der Waals surface area contributed by atoms with Crippen LogP contribution in [-0.2, 0) is 11.3 Å². The first kappa shape index (κ1) is 24.0. The summed E-state index contributed by atoms with van der Waals surface area (Å²) < 4.78 is 5.25. The number of aromatic nitrogens is 2. The number of ether oxygens (including phenoxy) is 1. The molecule has 1 saturated heterocycles. The number of aliphatic hydroxyl groups is 2. The lowest BCUT2D eigenvalue weighted by Crippen LogP contribution is -2.53. The van der Waals surface area contributed by atoms with Crippen LogP contribution in [0.2, 0.25) is 0 Å². The van der Waals surface area contributed by atoms with E-state index >= 15 is 0 Å². The minimum Gasteiger partial charge on any atom is -0.481 e. The van der Waals surface area contributed by atoms with Gasteiger partial charge in [-0.2, -0.15) is 0 Å². The summed E-state index contributed by atoms with van der Waals surface area (Å²) in [7, 11) is 1.57. The number of nitrogens with zero attached hydrogens (tertiary/aromatic N) is 3. The van der Waals surface area contributed by atoms with E-state index in [1.807, 2.05) is 36.4 Å². The summed E-state index contributed by atoms with van der Waals surface area (Å²) in [5.41, 5.74) is 2.29. The molecule has 3 aromatic rings. The van der Waals surface area contributed by atoms with Crippen molar-refractivity contribution < 1.29 is 19.7 Å². The zero-order valence-electron chi connectivity index (χ0n) is 19.5. The summed E-state index contributed by atoms with van der Waals surface area (Å²) in [4.78, 5) is 23.7. The van der Waals surface area contributed by atoms with Gasteiger partial charge in [0.1, 0.15) is 5.82 Å². The number of para-hydroxylation sites is 1. The lowest BCUT2D eigenvalue weighted by atomic mass is 9.99. The predicted molar refractivity (Wildman–Crippen MR) is 135 cm³/mol. The Hall–Kier alpha value is -2.76. The molecule has 0 radical (unpaired) electrons. The summed E-state index contributed by atoms with van der Waals surface area (Å²) in [6.45, 7) is 2.12. The topological polar surface area (TPSA) is 120 Å². The van der Waals surface area contributed by atoms with Crippen LogP contribution in [0.1, 0.15) is 23.8 Å². The number of hydrogen-bond donors (Lipinski definition) is 4. The number of piperidine rings is 1. The van der Waals surface area contributed by atoms with Crippen LogP contribution in [0.4, 0.5) is 5.82 Å². The Morgan fingerprint density at radius 2 is 2.14 bits per heavy atom. The van der Waals surface area contributed by atoms with Crippen molar-refractivity contribution in [2.75, 3.05) is 37.8 Å². The van der Waals surface area contributed by atoms with Gasteiger partial charge in [-0.15, -0.1) is 11.8 Å². The van der Waals surface area contributed by atoms with Crippen molar-refractivity contribution in [1.29, 1.82) is 0 Å². The number of likely N-dealkylation sites (tertiary alicyclic amines) is 1. The number of aliphatic hydroxyl groups excluding tert-OH is 2. The van der Waals surface area contributed by atoms with E-state index in [1.54, 1.807) is 13.2 Å². The van der Waals surface area contributed by atoms with Gasteiger partial charge in [0, 0.05) is 42.7 Å². The number of carbonyl (C=O) groups is 1. The molecule has 3 atom stereocenters. The van der Waals surface area contributed by atoms with E-state index in [-0.39, 0.29) is 11.9 Å². The van der Waals surface area contributed by atoms with Gasteiger partial charge in [-0.3, -0.25) is 9.69 Å². The number of thioether (sulfide) groups is 1. The molecule has 2 aliphatic rings. The molecule has 10 heteroatoms. The Labute approximate surface area is 207 Å². The molecule has 9 nitrogen and oxygen atoms in total. The molecule has 0 aliphatic carbocycles. The third kappa shape index (κ3) is 5.41. The van der Waals surface area contributed by atoms with Gasteiger partial charge in [0.05, 0.1) is 41.2 Å². The zero-order valence-corrected chi connectivity index (χ0v) is 20.3. The number of benzene rings is 1. The van der Waals surface area contributed by atoms with Crippen molar-refractivity contribution >= 4 is 34.4 Å². The number of amides is 1. The first-order chi connectivity index (χ1) is 17.0. The molecule has 4 N–H and O–H groups in total. The molecule has 1 fully saturated rings. The third-order valence-electron chi connectivity index (χ3n) is 6.47. The first-order valence-electron chi connectivity index (χ1n) is 11.7. The predicted octanol–water partition coefficient (Wildman–Crippen LogP) is 1.94. The number of rotatable bonds is 7. The molecule has 35 heavy (non-hydrogen) atoms. The van der Waals surface area contributed by atoms with Crippen LogP contribution in [0.5, 0.6) is 5.88 Å². The lowest BCUT2D eigenvalue weighted by molar-refractivity contribution is -0.113. The fraction of sp³-hybridized carbons (Fsp3) is 0.400. The van der Waals surface area contributed by atoms with E-state index < -0.39 is 12.2 Å². The summed E-state index contributed by atoms with van der Waals surface area (Å²) in [5, 5.41) is 28.9. The molecule has 0 spiro atoms. The van der Waals surface area contributed by atoms with Gasteiger partial charge < -0.3 is 25.6 Å². The summed E-state index contributed by atoms with van der Waals surface area (Å²) in [5.74, 6) is 1.49. The van der Waals surface area contributed by atoms with Crippen molar-refractivity contribution in [2.45, 2.75) is 36.1 Å². The average molecular weight is 496 g/mol. The maximum absolute atomic E-state index is 11.6. The highest BCUT2D eigenvalue weighted by Crippen LogP contribution is 2.30. The Morgan fingerprint density at radius 1 is 1.26 bits per heavy atom. The average Bonchev–Trinajstić information content (AvgIpc) is 2.87. The van der Waals surface area contributed by atoms with E-state index in [2.05, 4.69) is 25.5 Å². The summed E-state index contributed by atoms with van der Waals surface area (Å²) in [6.07, 6.45) is -0.565. The number of β-amino-alcohol motifs (C(OH)–C–C–N with tert-alkyl or cyclic N) is 2. The van der Waals surface area contributed by atoms with Crippen LogP contribution >= 0.6 is 11.8 Å². The van der Waals surface area contributed by atoms with Crippen LogP contribution in [-0.4, -0.2) is 75.6 Å². The maximum atomic E-state index is 11.6. The SMILES string of the molecule is COc1ccc2cccc([C@H](O)CN3CC[C@@H](NCc4ccc5c(n4)NC(=O)CS5)[C@@H](O)C3)c2n1. The number of anilines is 1. The number of nitrogens with one attached hydrogen (secondary N) is 2. The van der Waals surface area contributed by atoms with Gasteiger partial charge in [-0.25, -0.2) is 9.97 Å². The van der Waals surface area contributed by atoms with Crippen molar-refractivity contribution in [3.05, 3.63) is 53.7 Å². The standard InChI is InChI=1S/C25H29N5O4S/c1-34-23-8-5-15-3-2-4-17(24(15)29-23)19(31)12-30-10-9-18(20(32)13-30)26-11-16-6-7-21-25(27-16)28-22(33)14-35-21/h2-8,18-20,26,31-32H,9-14H2,1H3,(H,27,28,33)/t18-,19-,20+/m1/s1. The Balaban J connectivity index is 1.17. The highest BCUT2D eigenvalue weighted by Gasteiger charge is 2.29. The minimum absolute atomic E-state index is 0.0384. The maximum Gasteiger partial charge on any atom is 0.235 e. The van der Waals surface area contributed by atoms with E-state index in [0.29, 0.717) is 37.1 Å². The molecular formula is C25H29N5O4S. The second kappa shape index (κ2) is 10.5. The number of pyridine rings is 2. The molecule has 1 amide bonds. The molecule has 2 aliphatic heterocycles. The lowest BCUT2D eigenvalue weighted by Gasteiger charge is -2.37. The highest BCUT2D eigenvalue weighted by molar-refractivity contribution is 8.00. The van der Waals surface area contributed by atoms with Crippen LogP contribution in [0, 0.1) is 0 Å². The van der Waals surface area contributed by atoms with Crippen molar-refractivity contribution in [3.63, 3.8) is 0 Å². The van der Waals surface area contributed by atoms with Gasteiger partial charge in [0.15, 0.2) is 0 Å². The molecule has 184 valence electrons. The van der Waals surface area contributed by atoms with Gasteiger partial charge in [0.2, 0.25) is 11.8 Å². The third-order valence-corrected chi connectivity index (χ3v) is 7.52. The number of carbonyl (C=O) groups excluding carboxylic acids is 1. The molecular weight excluding hydrogens is 466 g/mol. The monoisotopic (exact) mass is 495 g/mol. The molecule has 0 bridgehead atoms. The largest absolute Gasteiger partial charge is 0.481 e. The van der Waals surface area contributed by atoms with E-state index in [0.717, 1.165) is 40.0 Å². The molecule has 0 unspecified atom stereocenters. The quantitative estimate of drug-likeness (QED) is 0.390. The fourth-order valence-corrected chi connectivity index (χ4v) is 5.37. The van der Waals surface area contributed by atoms with Gasteiger partial charge >= 0.3 is 0 Å². The smallest absolute Gasteiger partial charge is 0.235 e. The first-order valence-corrected chi connectivity index (χ1v) is 12.7. The molecule has 2 aromatic heterocycles. The van der Waals surface area contributed by atoms with Crippen LogP contribution in [0.15, 0.2) is 47.4 Å². The van der Waals surface area contributed by atoms with E-state index in [1.165, 1.54) is 11.8 Å². The molecule has 5 rings (SSSR count). The molecule has 0 saturated carbocycles. The zero-order chi connectivity index (χ0) is 24.4. The Morgan fingerprint density at radius 3 is 2.97 bits per heavy atom. The second-order valence-corrected chi connectivity index (χ2v) is 9.89. The van der Waals surface area contributed by atoms with Crippen LogP contribution < -0.4 is 15.4 Å². The molecule has 1 aromatic carbocycles.